The average Bonchev–Trinajstić information content (AvgIpc) is 3.37. The van der Waals surface area contributed by atoms with Gasteiger partial charge in [0.2, 0.25) is 5.88 Å². The number of likely N-dealkylation sites (N-methyl/N-ethyl adjacent to an activating group) is 1. The summed E-state index contributed by atoms with van der Waals surface area (Å²) in [5.41, 5.74) is 6.71. The van der Waals surface area contributed by atoms with E-state index in [4.69, 9.17) is 26.6 Å². The molecular weight excluding hydrogens is 592 g/mol. The van der Waals surface area contributed by atoms with Gasteiger partial charge in [0.15, 0.2) is 5.82 Å². The standard InChI is InChI=1S/C34H31F2N7O3/c1-4-22-25(35)10-9-19-15-21(44)16-24(26(19)22)29-28(36)30-27-32(41-34(40-30)46-17-20-7-6-12-42(20)3)43(13-14-45-33(27)39-29)18(2)23-8-5-11-38-31(23)37/h1,5,8-11,15-16,18,20,44H,6-7,12-14,17H2,2-3H3,(H2,37,38)/t18?,20-/m0/s1. The molecule has 0 saturated carbocycles. The van der Waals surface area contributed by atoms with Crippen molar-refractivity contribution in [1.29, 1.82) is 0 Å². The van der Waals surface area contributed by atoms with Gasteiger partial charge in [-0.05, 0) is 63.0 Å². The molecule has 0 spiro atoms. The SMILES string of the molecule is C#Cc1c(F)ccc2cc(O)cc(-c3nc4c5c(nc(OC[C@@H]6CCCN6C)nc5c3F)N(C(C)c3cccnc3N)CCO4)c12. The molecule has 1 unspecified atom stereocenters. The van der Waals surface area contributed by atoms with Gasteiger partial charge < -0.3 is 30.1 Å². The van der Waals surface area contributed by atoms with Crippen molar-refractivity contribution in [3.05, 3.63) is 65.4 Å². The minimum Gasteiger partial charge on any atom is -0.508 e. The summed E-state index contributed by atoms with van der Waals surface area (Å²) in [6, 6.07) is 8.89. The molecule has 3 N–H and O–H groups in total. The van der Waals surface area contributed by atoms with Crippen LogP contribution in [0.1, 0.15) is 36.9 Å². The number of nitrogen functional groups attached to an aromatic ring is 1. The first-order valence-electron chi connectivity index (χ1n) is 15.0. The number of phenolic OH excluding ortho intramolecular Hbond substituents is 1. The lowest BCUT2D eigenvalue weighted by Gasteiger charge is -2.30. The zero-order valence-corrected chi connectivity index (χ0v) is 25.3. The van der Waals surface area contributed by atoms with E-state index in [1.54, 1.807) is 12.3 Å². The minimum atomic E-state index is -0.830. The van der Waals surface area contributed by atoms with Crippen LogP contribution in [-0.2, 0) is 0 Å². The van der Waals surface area contributed by atoms with Gasteiger partial charge in [0.05, 0.1) is 18.2 Å². The van der Waals surface area contributed by atoms with E-state index in [9.17, 15) is 9.50 Å². The Balaban J connectivity index is 1.47. The lowest BCUT2D eigenvalue weighted by atomic mass is 9.95. The Morgan fingerprint density at radius 1 is 1.17 bits per heavy atom. The fourth-order valence-corrected chi connectivity index (χ4v) is 6.45. The van der Waals surface area contributed by atoms with E-state index in [1.165, 1.54) is 24.3 Å². The van der Waals surface area contributed by atoms with Crippen LogP contribution in [0, 0.1) is 24.0 Å². The van der Waals surface area contributed by atoms with Gasteiger partial charge in [0.1, 0.15) is 53.0 Å². The van der Waals surface area contributed by atoms with Crippen LogP contribution in [0.15, 0.2) is 42.6 Å². The van der Waals surface area contributed by atoms with E-state index in [1.807, 2.05) is 24.9 Å². The van der Waals surface area contributed by atoms with Crippen LogP contribution in [0.25, 0.3) is 32.9 Å². The van der Waals surface area contributed by atoms with Gasteiger partial charge in [0.25, 0.3) is 0 Å². The Morgan fingerprint density at radius 2 is 2.02 bits per heavy atom. The molecule has 10 nitrogen and oxygen atoms in total. The summed E-state index contributed by atoms with van der Waals surface area (Å²) >= 11 is 0. The van der Waals surface area contributed by atoms with Crippen LogP contribution in [0.2, 0.25) is 0 Å². The normalized spacial score (nSPS) is 17.1. The summed E-state index contributed by atoms with van der Waals surface area (Å²) in [5.74, 6) is 1.50. The number of pyridine rings is 2. The lowest BCUT2D eigenvalue weighted by Crippen LogP contribution is -2.32. The van der Waals surface area contributed by atoms with Crippen LogP contribution >= 0.6 is 0 Å². The molecule has 5 heterocycles. The molecule has 5 aromatic rings. The van der Waals surface area contributed by atoms with Gasteiger partial charge in [-0.1, -0.05) is 18.1 Å². The van der Waals surface area contributed by atoms with Gasteiger partial charge in [-0.2, -0.15) is 9.97 Å². The minimum absolute atomic E-state index is 0.0146. The highest BCUT2D eigenvalue weighted by molar-refractivity contribution is 6.04. The number of hydrogen-bond acceptors (Lipinski definition) is 10. The highest BCUT2D eigenvalue weighted by Crippen LogP contribution is 2.44. The van der Waals surface area contributed by atoms with E-state index >= 15 is 4.39 Å². The number of hydrogen-bond donors (Lipinski definition) is 2. The highest BCUT2D eigenvalue weighted by Gasteiger charge is 2.32. The number of halogens is 2. The van der Waals surface area contributed by atoms with Gasteiger partial charge in [-0.25, -0.2) is 18.7 Å². The maximum absolute atomic E-state index is 17.0. The molecule has 1 saturated heterocycles. The van der Waals surface area contributed by atoms with E-state index < -0.39 is 11.6 Å². The van der Waals surface area contributed by atoms with Gasteiger partial charge in [-0.15, -0.1) is 6.42 Å². The molecule has 1 fully saturated rings. The van der Waals surface area contributed by atoms with Crippen LogP contribution < -0.4 is 20.1 Å². The topological polar surface area (TPSA) is 123 Å². The summed E-state index contributed by atoms with van der Waals surface area (Å²) in [5, 5.41) is 11.5. The molecular formula is C34H31F2N7O3. The zero-order chi connectivity index (χ0) is 32.1. The quantitative estimate of drug-likeness (QED) is 0.244. The molecule has 2 aliphatic rings. The van der Waals surface area contributed by atoms with E-state index in [2.05, 4.69) is 25.8 Å². The summed E-state index contributed by atoms with van der Waals surface area (Å²) in [4.78, 5) is 22.3. The first-order valence-corrected chi connectivity index (χ1v) is 15.0. The molecule has 2 aliphatic heterocycles. The molecule has 0 bridgehead atoms. The predicted octanol–water partition coefficient (Wildman–Crippen LogP) is 5.22. The third kappa shape index (κ3) is 4.93. The van der Waals surface area contributed by atoms with Crippen LogP contribution in [0.3, 0.4) is 0 Å². The second-order valence-electron chi connectivity index (χ2n) is 11.6. The van der Waals surface area contributed by atoms with Crippen LogP contribution in [-0.4, -0.2) is 69.3 Å². The number of nitrogens with zero attached hydrogens (tertiary/aromatic N) is 6. The van der Waals surface area contributed by atoms with Crippen LogP contribution in [0.5, 0.6) is 17.6 Å². The predicted molar refractivity (Wildman–Crippen MR) is 171 cm³/mol. The monoisotopic (exact) mass is 623 g/mol. The number of aromatic nitrogens is 4. The molecule has 3 aromatic heterocycles. The molecule has 234 valence electrons. The molecule has 46 heavy (non-hydrogen) atoms. The number of terminal acetylenes is 1. The van der Waals surface area contributed by atoms with Crippen molar-refractivity contribution in [3.8, 4) is 41.2 Å². The van der Waals surface area contributed by atoms with Gasteiger partial charge in [0, 0.05) is 28.8 Å². The largest absolute Gasteiger partial charge is 0.508 e. The lowest BCUT2D eigenvalue weighted by molar-refractivity contribution is 0.188. The van der Waals surface area contributed by atoms with Crippen LogP contribution in [0.4, 0.5) is 20.4 Å². The van der Waals surface area contributed by atoms with Crippen molar-refractivity contribution in [2.75, 3.05) is 44.0 Å². The van der Waals surface area contributed by atoms with Crippen molar-refractivity contribution >= 4 is 33.3 Å². The molecule has 0 amide bonds. The summed E-state index contributed by atoms with van der Waals surface area (Å²) in [6.07, 6.45) is 9.33. The average molecular weight is 624 g/mol. The number of benzene rings is 2. The Labute approximate surface area is 263 Å². The molecule has 7 rings (SSSR count). The molecule has 2 atom stereocenters. The van der Waals surface area contributed by atoms with Crippen molar-refractivity contribution < 1.29 is 23.4 Å². The van der Waals surface area contributed by atoms with E-state index in [0.29, 0.717) is 30.2 Å². The third-order valence-electron chi connectivity index (χ3n) is 8.87. The Kier molecular flexibility index (Phi) is 7.41. The summed E-state index contributed by atoms with van der Waals surface area (Å²) < 4.78 is 44.1. The highest BCUT2D eigenvalue weighted by atomic mass is 19.1. The number of rotatable bonds is 6. The smallest absolute Gasteiger partial charge is 0.319 e. The molecule has 2 aromatic carbocycles. The molecule has 0 aliphatic carbocycles. The summed E-state index contributed by atoms with van der Waals surface area (Å²) in [7, 11) is 2.03. The Hall–Kier alpha value is -5.28. The second-order valence-corrected chi connectivity index (χ2v) is 11.6. The number of ether oxygens (including phenoxy) is 2. The Morgan fingerprint density at radius 3 is 2.78 bits per heavy atom. The van der Waals surface area contributed by atoms with Gasteiger partial charge in [-0.3, -0.25) is 0 Å². The van der Waals surface area contributed by atoms with Crippen molar-refractivity contribution in [3.63, 3.8) is 0 Å². The number of aromatic hydroxyl groups is 1. The van der Waals surface area contributed by atoms with E-state index in [-0.39, 0.29) is 69.4 Å². The number of nitrogens with two attached hydrogens (primary N) is 1. The van der Waals surface area contributed by atoms with E-state index in [0.717, 1.165) is 24.9 Å². The summed E-state index contributed by atoms with van der Waals surface area (Å²) in [6.45, 7) is 3.74. The molecule has 0 radical (unpaired) electrons. The number of anilines is 2. The van der Waals surface area contributed by atoms with Gasteiger partial charge >= 0.3 is 6.01 Å². The van der Waals surface area contributed by atoms with Crippen molar-refractivity contribution in [1.82, 2.24) is 24.8 Å². The fourth-order valence-electron chi connectivity index (χ4n) is 6.45. The maximum Gasteiger partial charge on any atom is 0.319 e. The number of phenols is 1. The fraction of sp³-hybridized carbons (Fsp3) is 0.294. The Bertz CT molecular complexity index is 2050. The number of likely N-dealkylation sites (tertiary alicyclic amines) is 1. The van der Waals surface area contributed by atoms with Crippen molar-refractivity contribution in [2.24, 2.45) is 0 Å². The van der Waals surface area contributed by atoms with Crippen molar-refractivity contribution in [2.45, 2.75) is 31.8 Å². The first-order chi connectivity index (χ1) is 22.2. The number of fused-ring (bicyclic) bond motifs is 1. The second kappa shape index (κ2) is 11.6. The first kappa shape index (κ1) is 29.4. The third-order valence-corrected chi connectivity index (χ3v) is 8.87. The maximum atomic E-state index is 17.0. The molecule has 12 heteroatoms. The zero-order valence-electron chi connectivity index (χ0n) is 25.3.